The van der Waals surface area contributed by atoms with Gasteiger partial charge in [-0.1, -0.05) is 60.1 Å². The van der Waals surface area contributed by atoms with E-state index in [1.807, 2.05) is 49.5 Å². The van der Waals surface area contributed by atoms with Crippen LogP contribution in [0.3, 0.4) is 0 Å². The fourth-order valence-electron chi connectivity index (χ4n) is 5.78. The molecule has 1 fully saturated rings. The monoisotopic (exact) mass is 522 g/mol. The zero-order chi connectivity index (χ0) is 26.8. The van der Waals surface area contributed by atoms with Gasteiger partial charge < -0.3 is 10.0 Å². The topological polar surface area (TPSA) is 70.5 Å². The minimum Gasteiger partial charge on any atom is -0.481 e. The molecular weight excluding hydrogens is 496 g/mol. The van der Waals surface area contributed by atoms with Crippen molar-refractivity contribution in [3.8, 4) is 22.3 Å². The highest BCUT2D eigenvalue weighted by molar-refractivity contribution is 6.34. The molecule has 3 aromatic carbocycles. The number of nitrogens with zero attached hydrogens (tertiary/aromatic N) is 2. The van der Waals surface area contributed by atoms with Crippen molar-refractivity contribution in [2.75, 3.05) is 11.9 Å². The maximum Gasteiger partial charge on any atom is 0.313 e. The van der Waals surface area contributed by atoms with Crippen LogP contribution in [0.25, 0.3) is 22.3 Å². The standard InChI is InChI=1S/C32H27ClN2O3/c1-31(2,30(37)38)23-10-8-22(9-11-23)26-18-32(26)25-16-24(27(33)17-28(25)35(3)29(32)36)21-6-4-19(5-7-21)20-12-14-34-15-13-20/h4-17,26H,18H2,1-3H3,(H,37,38). The van der Waals surface area contributed by atoms with Crippen LogP contribution in [0.15, 0.2) is 85.2 Å². The Labute approximate surface area is 226 Å². The molecule has 2 unspecified atom stereocenters. The highest BCUT2D eigenvalue weighted by Crippen LogP contribution is 2.66. The maximum absolute atomic E-state index is 13.6. The highest BCUT2D eigenvalue weighted by Gasteiger charge is 2.66. The lowest BCUT2D eigenvalue weighted by Gasteiger charge is -2.20. The van der Waals surface area contributed by atoms with Crippen LogP contribution >= 0.6 is 11.6 Å². The Morgan fingerprint density at radius 2 is 1.58 bits per heavy atom. The average molecular weight is 523 g/mol. The Kier molecular flexibility index (Phi) is 5.48. The second-order valence-electron chi connectivity index (χ2n) is 10.8. The van der Waals surface area contributed by atoms with Crippen molar-refractivity contribution >= 4 is 29.2 Å². The van der Waals surface area contributed by atoms with E-state index in [2.05, 4.69) is 35.3 Å². The number of benzene rings is 3. The van der Waals surface area contributed by atoms with Crippen molar-refractivity contribution in [2.24, 2.45) is 0 Å². The molecular formula is C32H27ClN2O3. The first-order valence-electron chi connectivity index (χ1n) is 12.6. The van der Waals surface area contributed by atoms with Gasteiger partial charge in [-0.05, 0) is 77.9 Å². The zero-order valence-electron chi connectivity index (χ0n) is 21.4. The number of carbonyl (C=O) groups excluding carboxylic acids is 1. The third-order valence-electron chi connectivity index (χ3n) is 8.35. The molecule has 1 aromatic heterocycles. The Bertz CT molecular complexity index is 1580. The second-order valence-corrected chi connectivity index (χ2v) is 11.2. The summed E-state index contributed by atoms with van der Waals surface area (Å²) in [5.74, 6) is -0.759. The van der Waals surface area contributed by atoms with Gasteiger partial charge in [0, 0.05) is 36.6 Å². The molecule has 2 heterocycles. The number of amides is 1. The molecule has 0 bridgehead atoms. The molecule has 1 amide bonds. The molecule has 6 heteroatoms. The van der Waals surface area contributed by atoms with Crippen molar-refractivity contribution in [1.29, 1.82) is 0 Å². The van der Waals surface area contributed by atoms with Crippen molar-refractivity contribution in [3.63, 3.8) is 0 Å². The van der Waals surface area contributed by atoms with E-state index < -0.39 is 16.8 Å². The number of hydrogen-bond acceptors (Lipinski definition) is 3. The van der Waals surface area contributed by atoms with Gasteiger partial charge in [0.25, 0.3) is 0 Å². The smallest absolute Gasteiger partial charge is 0.313 e. The number of likely N-dealkylation sites (N-methyl/N-ethyl adjacent to an activating group) is 1. The van der Waals surface area contributed by atoms with Crippen LogP contribution in [-0.4, -0.2) is 29.0 Å². The number of anilines is 1. The summed E-state index contributed by atoms with van der Waals surface area (Å²) in [5.41, 5.74) is 6.12. The van der Waals surface area contributed by atoms with Gasteiger partial charge in [-0.2, -0.15) is 0 Å². The number of carboxylic acids is 1. The average Bonchev–Trinajstić information content (AvgIpc) is 3.65. The van der Waals surface area contributed by atoms with Crippen LogP contribution in [0.4, 0.5) is 5.69 Å². The van der Waals surface area contributed by atoms with Gasteiger partial charge in [-0.3, -0.25) is 14.6 Å². The number of hydrogen-bond donors (Lipinski definition) is 1. The van der Waals surface area contributed by atoms with Crippen LogP contribution in [0.1, 0.15) is 42.9 Å². The molecule has 4 aromatic rings. The van der Waals surface area contributed by atoms with E-state index in [0.29, 0.717) is 11.4 Å². The van der Waals surface area contributed by atoms with E-state index in [1.165, 1.54) is 0 Å². The molecule has 1 N–H and O–H groups in total. The Morgan fingerprint density at radius 1 is 0.974 bits per heavy atom. The molecule has 38 heavy (non-hydrogen) atoms. The first-order valence-corrected chi connectivity index (χ1v) is 13.0. The largest absolute Gasteiger partial charge is 0.481 e. The molecule has 1 spiro atoms. The van der Waals surface area contributed by atoms with Crippen LogP contribution in [0.2, 0.25) is 5.02 Å². The van der Waals surface area contributed by atoms with Gasteiger partial charge in [-0.15, -0.1) is 0 Å². The van der Waals surface area contributed by atoms with Crippen LogP contribution in [-0.2, 0) is 20.4 Å². The first kappa shape index (κ1) is 24.4. The lowest BCUT2D eigenvalue weighted by atomic mass is 9.83. The number of pyridine rings is 1. The lowest BCUT2D eigenvalue weighted by molar-refractivity contribution is -0.142. The van der Waals surface area contributed by atoms with Crippen molar-refractivity contribution in [3.05, 3.63) is 107 Å². The van der Waals surface area contributed by atoms with Gasteiger partial charge in [0.05, 0.1) is 15.9 Å². The summed E-state index contributed by atoms with van der Waals surface area (Å²) < 4.78 is 0. The van der Waals surface area contributed by atoms with Gasteiger partial charge in [0.15, 0.2) is 0 Å². The predicted molar refractivity (Wildman–Crippen MR) is 150 cm³/mol. The number of aliphatic carboxylic acids is 1. The lowest BCUT2D eigenvalue weighted by Crippen LogP contribution is -2.29. The van der Waals surface area contributed by atoms with E-state index in [9.17, 15) is 14.7 Å². The highest BCUT2D eigenvalue weighted by atomic mass is 35.5. The number of rotatable bonds is 5. The minimum atomic E-state index is -0.978. The first-order chi connectivity index (χ1) is 18.1. The summed E-state index contributed by atoms with van der Waals surface area (Å²) >= 11 is 6.77. The van der Waals surface area contributed by atoms with E-state index in [1.54, 1.807) is 31.1 Å². The van der Waals surface area contributed by atoms with Gasteiger partial charge in [-0.25, -0.2) is 0 Å². The van der Waals surface area contributed by atoms with Crippen molar-refractivity contribution in [1.82, 2.24) is 4.98 Å². The number of carboxylic acid groups (broad SMARTS) is 1. The van der Waals surface area contributed by atoms with Gasteiger partial charge in [0.1, 0.15) is 0 Å². The van der Waals surface area contributed by atoms with E-state index >= 15 is 0 Å². The van der Waals surface area contributed by atoms with Crippen LogP contribution < -0.4 is 4.90 Å². The SMILES string of the molecule is CN1C(=O)C2(CC2c2ccc(C(C)(C)C(=O)O)cc2)c2cc(-c3ccc(-c4ccncc4)cc3)c(Cl)cc21. The zero-order valence-corrected chi connectivity index (χ0v) is 22.2. The molecule has 1 saturated carbocycles. The van der Waals surface area contributed by atoms with Crippen LogP contribution in [0, 0.1) is 0 Å². The molecule has 0 radical (unpaired) electrons. The molecule has 0 saturated heterocycles. The Balaban J connectivity index is 1.36. The summed E-state index contributed by atoms with van der Waals surface area (Å²) in [6.07, 6.45) is 4.27. The molecule has 1 aliphatic heterocycles. The predicted octanol–water partition coefficient (Wildman–Crippen LogP) is 6.83. The third kappa shape index (κ3) is 3.57. The number of halogens is 1. The summed E-state index contributed by atoms with van der Waals surface area (Å²) in [6.45, 7) is 3.40. The second kappa shape index (κ2) is 8.53. The van der Waals surface area contributed by atoms with E-state index in [-0.39, 0.29) is 11.8 Å². The Morgan fingerprint density at radius 3 is 2.21 bits per heavy atom. The summed E-state index contributed by atoms with van der Waals surface area (Å²) in [7, 11) is 1.81. The van der Waals surface area contributed by atoms with Gasteiger partial charge >= 0.3 is 5.97 Å². The third-order valence-corrected chi connectivity index (χ3v) is 8.67. The van der Waals surface area contributed by atoms with Crippen LogP contribution in [0.5, 0.6) is 0 Å². The minimum absolute atomic E-state index is 0.0313. The molecule has 2 atom stereocenters. The quantitative estimate of drug-likeness (QED) is 0.312. The van der Waals surface area contributed by atoms with Gasteiger partial charge in [0.2, 0.25) is 5.91 Å². The molecule has 190 valence electrons. The van der Waals surface area contributed by atoms with Crippen molar-refractivity contribution in [2.45, 2.75) is 37.0 Å². The molecule has 2 aliphatic rings. The maximum atomic E-state index is 13.6. The normalized spacial score (nSPS) is 20.1. The Hall–Kier alpha value is -3.96. The van der Waals surface area contributed by atoms with E-state index in [4.69, 9.17) is 11.6 Å². The summed E-state index contributed by atoms with van der Waals surface area (Å²) in [5, 5.41) is 10.2. The van der Waals surface area contributed by atoms with E-state index in [0.717, 1.165) is 44.6 Å². The fourth-order valence-corrected chi connectivity index (χ4v) is 6.05. The number of aromatic nitrogens is 1. The fraction of sp³-hybridized carbons (Fsp3) is 0.219. The number of carbonyl (C=O) groups is 2. The van der Waals surface area contributed by atoms with Crippen molar-refractivity contribution < 1.29 is 14.7 Å². The molecule has 1 aliphatic carbocycles. The summed E-state index contributed by atoms with van der Waals surface area (Å²) in [6, 6.07) is 23.9. The summed E-state index contributed by atoms with van der Waals surface area (Å²) in [4.78, 5) is 31.1. The number of fused-ring (bicyclic) bond motifs is 2. The molecule has 5 nitrogen and oxygen atoms in total. The molecule has 6 rings (SSSR count).